The zero-order valence-corrected chi connectivity index (χ0v) is 13.0. The third kappa shape index (κ3) is 4.44. The van der Waals surface area contributed by atoms with E-state index < -0.39 is 0 Å². The highest BCUT2D eigenvalue weighted by Gasteiger charge is 2.30. The number of ether oxygens (including phenoxy) is 1. The normalized spacial score (nSPS) is 34.6. The fourth-order valence-electron chi connectivity index (χ4n) is 3.47. The van der Waals surface area contributed by atoms with Crippen molar-refractivity contribution in [1.29, 1.82) is 0 Å². The molecule has 2 rings (SSSR count). The van der Waals surface area contributed by atoms with E-state index in [1.54, 1.807) is 0 Å². The molecular weight excluding hydrogens is 236 g/mol. The maximum absolute atomic E-state index is 5.60. The smallest absolute Gasteiger partial charge is 0.0510 e. The Balaban J connectivity index is 1.89. The zero-order chi connectivity index (χ0) is 13.7. The number of hydrogen-bond acceptors (Lipinski definition) is 3. The molecule has 0 aromatic carbocycles. The van der Waals surface area contributed by atoms with Crippen LogP contribution in [0.1, 0.15) is 46.5 Å². The van der Waals surface area contributed by atoms with Gasteiger partial charge in [-0.2, -0.15) is 0 Å². The Morgan fingerprint density at radius 3 is 2.79 bits per heavy atom. The number of nitrogens with zero attached hydrogens (tertiary/aromatic N) is 1. The molecule has 2 fully saturated rings. The fourth-order valence-corrected chi connectivity index (χ4v) is 3.47. The average Bonchev–Trinajstić information content (AvgIpc) is 2.92. The Bertz CT molecular complexity index is 253. The van der Waals surface area contributed by atoms with Gasteiger partial charge in [-0.15, -0.1) is 0 Å². The summed E-state index contributed by atoms with van der Waals surface area (Å²) in [6.45, 7) is 12.6. The number of likely N-dealkylation sites (tertiary alicyclic amines) is 1. The van der Waals surface area contributed by atoms with E-state index in [0.717, 1.165) is 37.6 Å². The van der Waals surface area contributed by atoms with Crippen LogP contribution in [-0.2, 0) is 4.74 Å². The second-order valence-electron chi connectivity index (χ2n) is 6.67. The lowest BCUT2D eigenvalue weighted by Gasteiger charge is -2.40. The number of rotatable bonds is 6. The quantitative estimate of drug-likeness (QED) is 0.801. The summed E-state index contributed by atoms with van der Waals surface area (Å²) in [4.78, 5) is 2.71. The molecule has 3 nitrogen and oxygen atoms in total. The lowest BCUT2D eigenvalue weighted by molar-refractivity contribution is 0.0959. The maximum atomic E-state index is 5.60. The molecule has 0 spiro atoms. The molecule has 4 atom stereocenters. The van der Waals surface area contributed by atoms with Gasteiger partial charge in [0.1, 0.15) is 0 Å². The Morgan fingerprint density at radius 1 is 1.26 bits per heavy atom. The van der Waals surface area contributed by atoms with Crippen molar-refractivity contribution in [3.05, 3.63) is 0 Å². The topological polar surface area (TPSA) is 24.5 Å². The van der Waals surface area contributed by atoms with Crippen LogP contribution in [0.2, 0.25) is 0 Å². The third-order valence-electron chi connectivity index (χ3n) is 4.87. The summed E-state index contributed by atoms with van der Waals surface area (Å²) in [6.07, 6.45) is 5.22. The van der Waals surface area contributed by atoms with Gasteiger partial charge in [-0.3, -0.25) is 4.90 Å². The van der Waals surface area contributed by atoms with Crippen LogP contribution >= 0.6 is 0 Å². The van der Waals surface area contributed by atoms with Crippen molar-refractivity contribution in [2.75, 3.05) is 32.8 Å². The predicted molar refractivity (Wildman–Crippen MR) is 80.4 cm³/mol. The van der Waals surface area contributed by atoms with Gasteiger partial charge in [0, 0.05) is 37.7 Å². The first kappa shape index (κ1) is 15.3. The minimum atomic E-state index is 0.621. The molecule has 1 N–H and O–H groups in total. The number of nitrogens with one attached hydrogen (secondary N) is 1. The molecule has 0 aromatic heterocycles. The summed E-state index contributed by atoms with van der Waals surface area (Å²) in [5.41, 5.74) is 0. The van der Waals surface area contributed by atoms with E-state index in [4.69, 9.17) is 4.74 Å². The van der Waals surface area contributed by atoms with Crippen molar-refractivity contribution in [3.8, 4) is 0 Å². The van der Waals surface area contributed by atoms with Gasteiger partial charge in [-0.05, 0) is 45.1 Å². The van der Waals surface area contributed by atoms with Gasteiger partial charge >= 0.3 is 0 Å². The molecule has 0 amide bonds. The molecule has 0 aromatic rings. The Labute approximate surface area is 119 Å². The standard InChI is InChI=1S/C16H32N2O/c1-4-8-17-16(15-7-9-19-12-15)11-18-10-13(2)5-6-14(18)3/h13-17H,4-12H2,1-3H3. The van der Waals surface area contributed by atoms with Crippen molar-refractivity contribution in [2.24, 2.45) is 11.8 Å². The van der Waals surface area contributed by atoms with Gasteiger partial charge < -0.3 is 10.1 Å². The summed E-state index contributed by atoms with van der Waals surface area (Å²) in [5, 5.41) is 3.77. The minimum absolute atomic E-state index is 0.621. The van der Waals surface area contributed by atoms with Gasteiger partial charge in [0.15, 0.2) is 0 Å². The van der Waals surface area contributed by atoms with E-state index >= 15 is 0 Å². The van der Waals surface area contributed by atoms with Crippen LogP contribution in [0.3, 0.4) is 0 Å². The molecule has 2 aliphatic rings. The molecule has 2 aliphatic heterocycles. The first-order valence-electron chi connectivity index (χ1n) is 8.25. The second-order valence-corrected chi connectivity index (χ2v) is 6.67. The first-order valence-corrected chi connectivity index (χ1v) is 8.25. The number of piperidine rings is 1. The minimum Gasteiger partial charge on any atom is -0.381 e. The molecule has 2 saturated heterocycles. The lowest BCUT2D eigenvalue weighted by atomic mass is 9.92. The van der Waals surface area contributed by atoms with E-state index in [2.05, 4.69) is 31.0 Å². The largest absolute Gasteiger partial charge is 0.381 e. The molecule has 0 aliphatic carbocycles. The van der Waals surface area contributed by atoms with Crippen LogP contribution in [0.15, 0.2) is 0 Å². The van der Waals surface area contributed by atoms with Crippen molar-refractivity contribution in [3.63, 3.8) is 0 Å². The molecule has 4 unspecified atom stereocenters. The number of hydrogen-bond donors (Lipinski definition) is 1. The van der Waals surface area contributed by atoms with E-state index in [0.29, 0.717) is 6.04 Å². The monoisotopic (exact) mass is 268 g/mol. The van der Waals surface area contributed by atoms with Gasteiger partial charge in [-0.1, -0.05) is 13.8 Å². The molecule has 19 heavy (non-hydrogen) atoms. The van der Waals surface area contributed by atoms with Crippen molar-refractivity contribution >= 4 is 0 Å². The highest BCUT2D eigenvalue weighted by molar-refractivity contribution is 4.86. The highest BCUT2D eigenvalue weighted by atomic mass is 16.5. The molecule has 0 saturated carbocycles. The van der Waals surface area contributed by atoms with Gasteiger partial charge in [-0.25, -0.2) is 0 Å². The maximum Gasteiger partial charge on any atom is 0.0510 e. The van der Waals surface area contributed by atoms with Crippen molar-refractivity contribution < 1.29 is 4.74 Å². The Morgan fingerprint density at radius 2 is 2.11 bits per heavy atom. The lowest BCUT2D eigenvalue weighted by Crippen LogP contribution is -2.51. The van der Waals surface area contributed by atoms with E-state index in [1.165, 1.54) is 38.8 Å². The molecule has 0 bridgehead atoms. The first-order chi connectivity index (χ1) is 9.20. The van der Waals surface area contributed by atoms with E-state index in [1.807, 2.05) is 0 Å². The van der Waals surface area contributed by atoms with Gasteiger partial charge in [0.25, 0.3) is 0 Å². The highest BCUT2D eigenvalue weighted by Crippen LogP contribution is 2.24. The summed E-state index contributed by atoms with van der Waals surface area (Å²) < 4.78 is 5.60. The van der Waals surface area contributed by atoms with Crippen molar-refractivity contribution in [2.45, 2.75) is 58.5 Å². The molecular formula is C16H32N2O. The predicted octanol–water partition coefficient (Wildman–Crippen LogP) is 2.51. The van der Waals surface area contributed by atoms with E-state index in [9.17, 15) is 0 Å². The average molecular weight is 268 g/mol. The molecule has 112 valence electrons. The van der Waals surface area contributed by atoms with Crippen LogP contribution < -0.4 is 5.32 Å². The van der Waals surface area contributed by atoms with Crippen LogP contribution in [0.25, 0.3) is 0 Å². The third-order valence-corrected chi connectivity index (χ3v) is 4.87. The second kappa shape index (κ2) is 7.61. The summed E-state index contributed by atoms with van der Waals surface area (Å²) >= 11 is 0. The Hall–Kier alpha value is -0.120. The van der Waals surface area contributed by atoms with Gasteiger partial charge in [0.2, 0.25) is 0 Å². The SMILES string of the molecule is CCCNC(CN1CC(C)CCC1C)C1CCOC1. The zero-order valence-electron chi connectivity index (χ0n) is 13.0. The molecule has 3 heteroatoms. The van der Waals surface area contributed by atoms with Crippen LogP contribution in [-0.4, -0.2) is 49.8 Å². The van der Waals surface area contributed by atoms with Crippen LogP contribution in [0.4, 0.5) is 0 Å². The summed E-state index contributed by atoms with van der Waals surface area (Å²) in [5.74, 6) is 1.58. The molecule has 2 heterocycles. The summed E-state index contributed by atoms with van der Waals surface area (Å²) in [7, 11) is 0. The molecule has 0 radical (unpaired) electrons. The van der Waals surface area contributed by atoms with Gasteiger partial charge in [0.05, 0.1) is 6.61 Å². The Kier molecular flexibility index (Phi) is 6.11. The van der Waals surface area contributed by atoms with Crippen LogP contribution in [0.5, 0.6) is 0 Å². The van der Waals surface area contributed by atoms with E-state index in [-0.39, 0.29) is 0 Å². The fraction of sp³-hybridized carbons (Fsp3) is 1.00. The van der Waals surface area contributed by atoms with Crippen molar-refractivity contribution in [1.82, 2.24) is 10.2 Å². The summed E-state index contributed by atoms with van der Waals surface area (Å²) in [6, 6.07) is 1.37. The van der Waals surface area contributed by atoms with Crippen LogP contribution in [0, 0.1) is 11.8 Å².